The number of hydrogen-bond acceptors (Lipinski definition) is 3. The summed E-state index contributed by atoms with van der Waals surface area (Å²) in [5.41, 5.74) is 0.213. The number of hydrogen-bond donors (Lipinski definition) is 1. The van der Waals surface area contributed by atoms with Gasteiger partial charge in [0.15, 0.2) is 0 Å². The second-order valence-corrected chi connectivity index (χ2v) is 7.79. The van der Waals surface area contributed by atoms with Crippen molar-refractivity contribution in [1.29, 1.82) is 0 Å². The molecule has 120 valence electrons. The molecule has 20 heavy (non-hydrogen) atoms. The zero-order valence-corrected chi connectivity index (χ0v) is 14.2. The maximum Gasteiger partial charge on any atom is 0.0837 e. The third kappa shape index (κ3) is 5.71. The third-order valence-corrected chi connectivity index (χ3v) is 4.72. The van der Waals surface area contributed by atoms with Gasteiger partial charge in [-0.1, -0.05) is 27.2 Å². The predicted molar refractivity (Wildman–Crippen MR) is 82.9 cm³/mol. The largest absolute Gasteiger partial charge is 0.390 e. The fourth-order valence-electron chi connectivity index (χ4n) is 2.84. The molecule has 0 bridgehead atoms. The summed E-state index contributed by atoms with van der Waals surface area (Å²) in [7, 11) is 0. The van der Waals surface area contributed by atoms with Crippen LogP contribution in [0.15, 0.2) is 0 Å². The Hall–Kier alpha value is -0.120. The van der Waals surface area contributed by atoms with Crippen molar-refractivity contribution >= 4 is 0 Å². The number of aliphatic hydroxyl groups is 1. The molecule has 0 heterocycles. The van der Waals surface area contributed by atoms with Crippen LogP contribution in [0.1, 0.15) is 67.2 Å². The van der Waals surface area contributed by atoms with E-state index in [1.165, 1.54) is 6.42 Å². The van der Waals surface area contributed by atoms with Crippen LogP contribution in [0.3, 0.4) is 0 Å². The Kier molecular flexibility index (Phi) is 6.49. The highest BCUT2D eigenvalue weighted by atomic mass is 16.5. The number of ether oxygens (including phenoxy) is 2. The van der Waals surface area contributed by atoms with Gasteiger partial charge in [-0.2, -0.15) is 0 Å². The van der Waals surface area contributed by atoms with E-state index in [1.807, 2.05) is 20.8 Å². The quantitative estimate of drug-likeness (QED) is 0.755. The molecule has 1 saturated carbocycles. The molecule has 1 aliphatic rings. The smallest absolute Gasteiger partial charge is 0.0837 e. The van der Waals surface area contributed by atoms with Crippen molar-refractivity contribution in [2.75, 3.05) is 13.2 Å². The summed E-state index contributed by atoms with van der Waals surface area (Å²) in [5, 5.41) is 10.1. The maximum atomic E-state index is 10.1. The average molecular weight is 286 g/mol. The molecule has 0 aromatic carbocycles. The molecule has 0 aromatic heterocycles. The predicted octanol–water partition coefficient (Wildman–Crippen LogP) is 3.78. The molecule has 3 nitrogen and oxygen atoms in total. The van der Waals surface area contributed by atoms with E-state index in [-0.39, 0.29) is 17.8 Å². The first-order valence-electron chi connectivity index (χ1n) is 8.09. The Morgan fingerprint density at radius 1 is 1.05 bits per heavy atom. The van der Waals surface area contributed by atoms with Crippen molar-refractivity contribution in [2.45, 2.75) is 85.0 Å². The van der Waals surface area contributed by atoms with Crippen molar-refractivity contribution < 1.29 is 14.6 Å². The summed E-state index contributed by atoms with van der Waals surface area (Å²) in [4.78, 5) is 0. The van der Waals surface area contributed by atoms with Gasteiger partial charge in [0.05, 0.1) is 31.0 Å². The van der Waals surface area contributed by atoms with Crippen molar-refractivity contribution in [3.8, 4) is 0 Å². The molecule has 0 saturated heterocycles. The topological polar surface area (TPSA) is 38.7 Å². The molecular formula is C17H34O3. The average Bonchev–Trinajstić information content (AvgIpc) is 2.35. The summed E-state index contributed by atoms with van der Waals surface area (Å²) in [6.07, 6.45) is 3.78. The molecule has 1 aliphatic carbocycles. The molecular weight excluding hydrogens is 252 g/mol. The second kappa shape index (κ2) is 7.24. The van der Waals surface area contributed by atoms with Crippen LogP contribution in [0.2, 0.25) is 0 Å². The maximum absolute atomic E-state index is 10.1. The van der Waals surface area contributed by atoms with Crippen LogP contribution in [0, 0.1) is 11.3 Å². The third-order valence-electron chi connectivity index (χ3n) is 4.72. The summed E-state index contributed by atoms with van der Waals surface area (Å²) >= 11 is 0. The van der Waals surface area contributed by atoms with Crippen LogP contribution in [-0.4, -0.2) is 36.1 Å². The molecule has 1 N–H and O–H groups in total. The first-order valence-corrected chi connectivity index (χ1v) is 8.09. The zero-order valence-electron chi connectivity index (χ0n) is 14.2. The van der Waals surface area contributed by atoms with Crippen molar-refractivity contribution in [2.24, 2.45) is 11.3 Å². The van der Waals surface area contributed by atoms with Crippen LogP contribution >= 0.6 is 0 Å². The first-order chi connectivity index (χ1) is 9.15. The van der Waals surface area contributed by atoms with Crippen molar-refractivity contribution in [3.63, 3.8) is 0 Å². The van der Waals surface area contributed by atoms with E-state index in [0.29, 0.717) is 24.5 Å². The highest BCUT2D eigenvalue weighted by Crippen LogP contribution is 2.41. The van der Waals surface area contributed by atoms with E-state index in [4.69, 9.17) is 9.47 Å². The lowest BCUT2D eigenvalue weighted by molar-refractivity contribution is -0.109. The van der Waals surface area contributed by atoms with Crippen LogP contribution in [0.4, 0.5) is 0 Å². The highest BCUT2D eigenvalue weighted by Gasteiger charge is 2.37. The minimum Gasteiger partial charge on any atom is -0.390 e. The van der Waals surface area contributed by atoms with Gasteiger partial charge in [-0.3, -0.25) is 0 Å². The van der Waals surface area contributed by atoms with Gasteiger partial charge in [0.25, 0.3) is 0 Å². The van der Waals surface area contributed by atoms with Crippen LogP contribution < -0.4 is 0 Å². The van der Waals surface area contributed by atoms with Gasteiger partial charge in [0, 0.05) is 0 Å². The van der Waals surface area contributed by atoms with E-state index in [1.54, 1.807) is 0 Å². The normalized spacial score (nSPS) is 28.6. The summed E-state index contributed by atoms with van der Waals surface area (Å²) < 4.78 is 11.5. The van der Waals surface area contributed by atoms with Gasteiger partial charge in [0.1, 0.15) is 0 Å². The van der Waals surface area contributed by atoms with E-state index in [2.05, 4.69) is 20.8 Å². The van der Waals surface area contributed by atoms with Crippen molar-refractivity contribution in [1.82, 2.24) is 0 Å². The van der Waals surface area contributed by atoms with E-state index in [0.717, 1.165) is 19.3 Å². The monoisotopic (exact) mass is 286 g/mol. The molecule has 1 rings (SSSR count). The van der Waals surface area contributed by atoms with Gasteiger partial charge in [-0.05, 0) is 51.4 Å². The minimum absolute atomic E-state index is 0.0249. The van der Waals surface area contributed by atoms with Crippen LogP contribution in [-0.2, 0) is 9.47 Å². The van der Waals surface area contributed by atoms with Gasteiger partial charge in [-0.25, -0.2) is 0 Å². The van der Waals surface area contributed by atoms with E-state index < -0.39 is 0 Å². The molecule has 0 amide bonds. The molecule has 3 unspecified atom stereocenters. The minimum atomic E-state index is -0.312. The molecule has 3 atom stereocenters. The zero-order chi connectivity index (χ0) is 15.4. The summed E-state index contributed by atoms with van der Waals surface area (Å²) in [5.74, 6) is 0.643. The van der Waals surface area contributed by atoms with Crippen LogP contribution in [0.5, 0.6) is 0 Å². The number of rotatable bonds is 6. The van der Waals surface area contributed by atoms with E-state index >= 15 is 0 Å². The Morgan fingerprint density at radius 3 is 2.25 bits per heavy atom. The lowest BCUT2D eigenvalue weighted by atomic mass is 9.68. The molecule has 1 fully saturated rings. The standard InChI is InChI=1S/C17H34O3/c1-7-17(5,6)13-8-9-14(18)15(12-13)19-10-11-20-16(2,3)4/h13-15,18H,7-12H2,1-6H3. The van der Waals surface area contributed by atoms with Gasteiger partial charge in [0.2, 0.25) is 0 Å². The SMILES string of the molecule is CCC(C)(C)C1CCC(O)C(OCCOC(C)(C)C)C1. The molecule has 3 heteroatoms. The Labute approximate surface area is 125 Å². The Morgan fingerprint density at radius 2 is 1.70 bits per heavy atom. The Bertz CT molecular complexity index is 280. The molecule has 0 aliphatic heterocycles. The fourth-order valence-corrected chi connectivity index (χ4v) is 2.84. The summed E-state index contributed by atoms with van der Waals surface area (Å²) in [6, 6.07) is 0. The van der Waals surface area contributed by atoms with Gasteiger partial charge >= 0.3 is 0 Å². The van der Waals surface area contributed by atoms with E-state index in [9.17, 15) is 5.11 Å². The van der Waals surface area contributed by atoms with Crippen LogP contribution in [0.25, 0.3) is 0 Å². The Balaban J connectivity index is 2.40. The first kappa shape index (κ1) is 17.9. The van der Waals surface area contributed by atoms with Crippen molar-refractivity contribution in [3.05, 3.63) is 0 Å². The van der Waals surface area contributed by atoms with Gasteiger partial charge < -0.3 is 14.6 Å². The molecule has 0 aromatic rings. The highest BCUT2D eigenvalue weighted by molar-refractivity contribution is 4.87. The number of aliphatic hydroxyl groups excluding tert-OH is 1. The lowest BCUT2D eigenvalue weighted by Crippen LogP contribution is -2.41. The molecule has 0 radical (unpaired) electrons. The fraction of sp³-hybridized carbons (Fsp3) is 1.00. The van der Waals surface area contributed by atoms with Gasteiger partial charge in [-0.15, -0.1) is 0 Å². The lowest BCUT2D eigenvalue weighted by Gasteiger charge is -2.41. The molecule has 0 spiro atoms. The second-order valence-electron chi connectivity index (χ2n) is 7.79. The summed E-state index contributed by atoms with van der Waals surface area (Å²) in [6.45, 7) is 14.2.